The lowest BCUT2D eigenvalue weighted by Crippen LogP contribution is -2.37. The van der Waals surface area contributed by atoms with E-state index in [1.54, 1.807) is 18.2 Å². The van der Waals surface area contributed by atoms with E-state index in [-0.39, 0.29) is 50.0 Å². The highest BCUT2D eigenvalue weighted by Crippen LogP contribution is 2.24. The Balaban J connectivity index is -0.000000133. The SMILES string of the molecule is C.C.C.C.C.C.CCC(COC/C=C/N)(COC/C=C/N)COC/C=C/N. The van der Waals surface area contributed by atoms with Gasteiger partial charge in [-0.15, -0.1) is 0 Å². The summed E-state index contributed by atoms with van der Waals surface area (Å²) in [4.78, 5) is 0. The van der Waals surface area contributed by atoms with E-state index in [1.165, 1.54) is 18.6 Å². The Morgan fingerprint density at radius 1 is 0.593 bits per heavy atom. The fraction of sp³-hybridized carbons (Fsp3) is 0.714. The Morgan fingerprint density at radius 2 is 0.852 bits per heavy atom. The normalized spacial score (nSPS) is 10.1. The highest BCUT2D eigenvalue weighted by Gasteiger charge is 2.29. The van der Waals surface area contributed by atoms with E-state index in [0.717, 1.165) is 6.42 Å². The highest BCUT2D eigenvalue weighted by atomic mass is 16.5. The zero-order chi connectivity index (χ0) is 15.8. The van der Waals surface area contributed by atoms with Crippen molar-refractivity contribution in [2.24, 2.45) is 22.6 Å². The molecule has 0 radical (unpaired) electrons. The van der Waals surface area contributed by atoms with Gasteiger partial charge in [-0.05, 0) is 43.2 Å². The molecule has 0 unspecified atom stereocenters. The summed E-state index contributed by atoms with van der Waals surface area (Å²) in [7, 11) is 0. The topological polar surface area (TPSA) is 106 Å². The Morgan fingerprint density at radius 3 is 1.04 bits per heavy atom. The molecule has 27 heavy (non-hydrogen) atoms. The molecule has 0 fully saturated rings. The molecule has 0 aromatic carbocycles. The second kappa shape index (κ2) is 32.2. The zero-order valence-electron chi connectivity index (χ0n) is 12.9. The Kier molecular flexibility index (Phi) is 53.3. The maximum atomic E-state index is 5.63. The Hall–Kier alpha value is -1.50. The molecule has 0 aliphatic rings. The van der Waals surface area contributed by atoms with E-state index in [4.69, 9.17) is 31.4 Å². The Labute approximate surface area is 171 Å². The summed E-state index contributed by atoms with van der Waals surface area (Å²) in [5.74, 6) is 0. The smallest absolute Gasteiger partial charge is 0.0664 e. The van der Waals surface area contributed by atoms with Crippen molar-refractivity contribution in [3.8, 4) is 0 Å². The molecule has 0 aromatic rings. The number of rotatable bonds is 13. The van der Waals surface area contributed by atoms with Crippen molar-refractivity contribution in [2.45, 2.75) is 57.9 Å². The van der Waals surface area contributed by atoms with E-state index in [2.05, 4.69) is 6.92 Å². The molecule has 6 heteroatoms. The summed E-state index contributed by atoms with van der Waals surface area (Å²) in [6, 6.07) is 0. The first-order valence-electron chi connectivity index (χ1n) is 7.08. The van der Waals surface area contributed by atoms with E-state index in [0.29, 0.717) is 39.6 Å². The molecular formula is C21H53N3O3. The average molecular weight is 396 g/mol. The largest absolute Gasteiger partial charge is 0.405 e. The first-order chi connectivity index (χ1) is 10.2. The van der Waals surface area contributed by atoms with Gasteiger partial charge in [0.2, 0.25) is 0 Å². The fourth-order valence-electron chi connectivity index (χ4n) is 1.63. The van der Waals surface area contributed by atoms with Crippen molar-refractivity contribution in [3.05, 3.63) is 36.8 Å². The number of hydrogen-bond donors (Lipinski definition) is 3. The predicted octanol–water partition coefficient (Wildman–Crippen LogP) is 4.67. The predicted molar refractivity (Wildman–Crippen MR) is 126 cm³/mol. The molecule has 0 aliphatic carbocycles. The Bertz CT molecular complexity index is 274. The van der Waals surface area contributed by atoms with E-state index in [9.17, 15) is 0 Å². The zero-order valence-corrected chi connectivity index (χ0v) is 12.9. The van der Waals surface area contributed by atoms with Crippen LogP contribution in [0.5, 0.6) is 0 Å². The van der Waals surface area contributed by atoms with Crippen LogP contribution in [0.4, 0.5) is 0 Å². The average Bonchev–Trinajstić information content (AvgIpc) is 2.51. The van der Waals surface area contributed by atoms with Crippen molar-refractivity contribution in [1.29, 1.82) is 0 Å². The maximum absolute atomic E-state index is 5.63. The van der Waals surface area contributed by atoms with Gasteiger partial charge < -0.3 is 31.4 Å². The van der Waals surface area contributed by atoms with Crippen LogP contribution >= 0.6 is 0 Å². The number of hydrogen-bond acceptors (Lipinski definition) is 6. The van der Waals surface area contributed by atoms with Gasteiger partial charge in [0.25, 0.3) is 0 Å². The second-order valence-corrected chi connectivity index (χ2v) is 4.68. The van der Waals surface area contributed by atoms with Crippen LogP contribution in [-0.4, -0.2) is 39.6 Å². The molecule has 0 spiro atoms. The minimum Gasteiger partial charge on any atom is -0.405 e. The summed E-state index contributed by atoms with van der Waals surface area (Å²) in [5.41, 5.74) is 15.7. The molecule has 6 nitrogen and oxygen atoms in total. The van der Waals surface area contributed by atoms with Crippen molar-refractivity contribution in [3.63, 3.8) is 0 Å². The summed E-state index contributed by atoms with van der Waals surface area (Å²) in [5, 5.41) is 0. The van der Waals surface area contributed by atoms with Crippen molar-refractivity contribution in [2.75, 3.05) is 39.6 Å². The third kappa shape index (κ3) is 24.5. The van der Waals surface area contributed by atoms with Crippen LogP contribution in [0.25, 0.3) is 0 Å². The van der Waals surface area contributed by atoms with Crippen LogP contribution in [0.3, 0.4) is 0 Å². The summed E-state index contributed by atoms with van der Waals surface area (Å²) < 4.78 is 16.9. The molecular weight excluding hydrogens is 342 g/mol. The third-order valence-electron chi connectivity index (χ3n) is 3.03. The number of ether oxygens (including phenoxy) is 3. The molecule has 6 N–H and O–H groups in total. The standard InChI is InChI=1S/C15H29N3O3.6CH4/c1-2-15(12-19-9-3-6-16,13-20-10-4-7-17)14-21-11-5-8-18;;;;;;/h3-8H,2,9-14,16-18H2,1H3;6*1H4/b6-3+,7-4+,8-5+;;;;;;. The fourth-order valence-corrected chi connectivity index (χ4v) is 1.63. The first kappa shape index (κ1) is 44.7. The molecule has 0 atom stereocenters. The van der Waals surface area contributed by atoms with Gasteiger partial charge in [-0.3, -0.25) is 0 Å². The van der Waals surface area contributed by atoms with E-state index in [1.807, 2.05) is 0 Å². The monoisotopic (exact) mass is 395 g/mol. The van der Waals surface area contributed by atoms with Gasteiger partial charge in [0, 0.05) is 5.41 Å². The van der Waals surface area contributed by atoms with Crippen LogP contribution in [0, 0.1) is 5.41 Å². The molecule has 0 amide bonds. The summed E-state index contributed by atoms with van der Waals surface area (Å²) in [6.07, 6.45) is 10.6. The molecule has 0 rings (SSSR count). The van der Waals surface area contributed by atoms with Gasteiger partial charge in [-0.1, -0.05) is 51.5 Å². The van der Waals surface area contributed by atoms with Crippen LogP contribution in [0.1, 0.15) is 57.9 Å². The molecule has 170 valence electrons. The van der Waals surface area contributed by atoms with Gasteiger partial charge in [0.15, 0.2) is 0 Å². The molecule has 0 saturated carbocycles. The minimum atomic E-state index is -0.201. The van der Waals surface area contributed by atoms with E-state index >= 15 is 0 Å². The minimum absolute atomic E-state index is 0. The van der Waals surface area contributed by atoms with Crippen molar-refractivity contribution in [1.82, 2.24) is 0 Å². The molecule has 0 aliphatic heterocycles. The summed E-state index contributed by atoms with van der Waals surface area (Å²) >= 11 is 0. The lowest BCUT2D eigenvalue weighted by atomic mass is 9.88. The van der Waals surface area contributed by atoms with Gasteiger partial charge in [0.1, 0.15) is 0 Å². The van der Waals surface area contributed by atoms with Crippen LogP contribution < -0.4 is 17.2 Å². The van der Waals surface area contributed by atoms with Gasteiger partial charge in [-0.25, -0.2) is 0 Å². The highest BCUT2D eigenvalue weighted by molar-refractivity contribution is 4.82. The lowest BCUT2D eigenvalue weighted by Gasteiger charge is -2.31. The molecule has 0 saturated heterocycles. The van der Waals surface area contributed by atoms with Gasteiger partial charge in [-0.2, -0.15) is 0 Å². The van der Waals surface area contributed by atoms with Crippen LogP contribution in [0.15, 0.2) is 36.8 Å². The van der Waals surface area contributed by atoms with Crippen molar-refractivity contribution < 1.29 is 14.2 Å². The summed E-state index contributed by atoms with van der Waals surface area (Å²) in [6.45, 7) is 5.12. The molecule has 0 heterocycles. The molecule has 0 aromatic heterocycles. The maximum Gasteiger partial charge on any atom is 0.0664 e. The lowest BCUT2D eigenvalue weighted by molar-refractivity contribution is -0.0588. The van der Waals surface area contributed by atoms with E-state index < -0.39 is 0 Å². The van der Waals surface area contributed by atoms with Crippen molar-refractivity contribution >= 4 is 0 Å². The van der Waals surface area contributed by atoms with Crippen LogP contribution in [0.2, 0.25) is 0 Å². The molecule has 0 bridgehead atoms. The first-order valence-corrected chi connectivity index (χ1v) is 7.08. The second-order valence-electron chi connectivity index (χ2n) is 4.68. The van der Waals surface area contributed by atoms with Gasteiger partial charge in [0.05, 0.1) is 39.6 Å². The van der Waals surface area contributed by atoms with Crippen LogP contribution in [-0.2, 0) is 14.2 Å². The quantitative estimate of drug-likeness (QED) is 0.391. The van der Waals surface area contributed by atoms with Gasteiger partial charge >= 0.3 is 0 Å². The number of nitrogens with two attached hydrogens (primary N) is 3. The third-order valence-corrected chi connectivity index (χ3v) is 3.03.